The van der Waals surface area contributed by atoms with E-state index in [2.05, 4.69) is 64.6 Å². The summed E-state index contributed by atoms with van der Waals surface area (Å²) in [5.74, 6) is 0. The molecule has 0 spiro atoms. The normalized spacial score (nSPS) is 12.4. The van der Waals surface area contributed by atoms with E-state index in [-0.39, 0.29) is 0 Å². The molecule has 0 nitrogen and oxygen atoms in total. The Balaban J connectivity index is 2.93. The van der Waals surface area contributed by atoms with Crippen LogP contribution in [0.1, 0.15) is 37.0 Å². The van der Waals surface area contributed by atoms with Crippen molar-refractivity contribution in [2.75, 3.05) is 0 Å². The van der Waals surface area contributed by atoms with Gasteiger partial charge in [-0.15, -0.1) is 0 Å². The van der Waals surface area contributed by atoms with E-state index >= 15 is 0 Å². The molecular formula is C19H22. The molecular weight excluding hydrogens is 228 g/mol. The Morgan fingerprint density at radius 2 is 1.84 bits per heavy atom. The van der Waals surface area contributed by atoms with E-state index in [0.29, 0.717) is 0 Å². The van der Waals surface area contributed by atoms with E-state index in [1.54, 1.807) is 0 Å². The Hall–Kier alpha value is -1.82. The molecule has 0 aliphatic heterocycles. The number of rotatable bonds is 3. The summed E-state index contributed by atoms with van der Waals surface area (Å²) in [5, 5.41) is 2.68. The average Bonchev–Trinajstić information content (AvgIpc) is 2.42. The average molecular weight is 250 g/mol. The van der Waals surface area contributed by atoms with Crippen LogP contribution in [-0.4, -0.2) is 0 Å². The first kappa shape index (κ1) is 13.6. The van der Waals surface area contributed by atoms with Gasteiger partial charge < -0.3 is 0 Å². The van der Waals surface area contributed by atoms with Gasteiger partial charge in [-0.3, -0.25) is 0 Å². The number of hydrogen-bond donors (Lipinski definition) is 0. The summed E-state index contributed by atoms with van der Waals surface area (Å²) >= 11 is 0. The number of fused-ring (bicyclic) bond motifs is 1. The van der Waals surface area contributed by atoms with E-state index in [0.717, 1.165) is 6.42 Å². The highest BCUT2D eigenvalue weighted by Gasteiger charge is 2.11. The Morgan fingerprint density at radius 1 is 1.11 bits per heavy atom. The minimum Gasteiger partial charge on any atom is -0.0984 e. The second-order valence-electron chi connectivity index (χ2n) is 5.18. The lowest BCUT2D eigenvalue weighted by atomic mass is 9.89. The van der Waals surface area contributed by atoms with Crippen LogP contribution in [0.5, 0.6) is 0 Å². The first-order valence-corrected chi connectivity index (χ1v) is 6.91. The van der Waals surface area contributed by atoms with Crippen LogP contribution >= 0.6 is 0 Å². The van der Waals surface area contributed by atoms with Crippen LogP contribution in [0.2, 0.25) is 0 Å². The van der Waals surface area contributed by atoms with Crippen molar-refractivity contribution in [3.8, 4) is 0 Å². The third-order valence-electron chi connectivity index (χ3n) is 3.93. The first-order valence-electron chi connectivity index (χ1n) is 6.91. The largest absolute Gasteiger partial charge is 0.0984 e. The zero-order valence-electron chi connectivity index (χ0n) is 12.4. The zero-order valence-corrected chi connectivity index (χ0v) is 12.4. The summed E-state index contributed by atoms with van der Waals surface area (Å²) in [4.78, 5) is 0. The fourth-order valence-corrected chi connectivity index (χ4v) is 2.69. The highest BCUT2D eigenvalue weighted by molar-refractivity contribution is 5.99. The highest BCUT2D eigenvalue weighted by atomic mass is 14.1. The molecule has 0 radical (unpaired) electrons. The molecule has 0 amide bonds. The lowest BCUT2D eigenvalue weighted by Crippen LogP contribution is -1.94. The zero-order chi connectivity index (χ0) is 14.0. The smallest absolute Gasteiger partial charge is 0.00735 e. The lowest BCUT2D eigenvalue weighted by molar-refractivity contribution is 1.10. The summed E-state index contributed by atoms with van der Waals surface area (Å²) in [6, 6.07) is 10.9. The molecule has 0 aromatic heterocycles. The molecule has 0 heteroatoms. The maximum absolute atomic E-state index is 4.03. The fourth-order valence-electron chi connectivity index (χ4n) is 2.69. The summed E-state index contributed by atoms with van der Waals surface area (Å²) in [6.45, 7) is 12.8. The Labute approximate surface area is 116 Å². The van der Waals surface area contributed by atoms with Crippen molar-refractivity contribution in [3.63, 3.8) is 0 Å². The van der Waals surface area contributed by atoms with Gasteiger partial charge in [-0.1, -0.05) is 55.5 Å². The highest BCUT2D eigenvalue weighted by Crippen LogP contribution is 2.33. The molecule has 2 aromatic rings. The minimum atomic E-state index is 1.06. The van der Waals surface area contributed by atoms with Crippen LogP contribution in [0, 0.1) is 13.8 Å². The lowest BCUT2D eigenvalue weighted by Gasteiger charge is -2.16. The molecule has 2 rings (SSSR count). The van der Waals surface area contributed by atoms with Crippen LogP contribution in [-0.2, 0) is 0 Å². The van der Waals surface area contributed by atoms with Gasteiger partial charge in [0.2, 0.25) is 0 Å². The van der Waals surface area contributed by atoms with Gasteiger partial charge in [0.1, 0.15) is 0 Å². The number of aryl methyl sites for hydroxylation is 2. The van der Waals surface area contributed by atoms with E-state index in [1.807, 2.05) is 6.08 Å². The third-order valence-corrected chi connectivity index (χ3v) is 3.93. The molecule has 0 atom stereocenters. The predicted molar refractivity (Wildman–Crippen MR) is 86.5 cm³/mol. The first-order chi connectivity index (χ1) is 9.10. The van der Waals surface area contributed by atoms with E-state index in [9.17, 15) is 0 Å². The van der Waals surface area contributed by atoms with Gasteiger partial charge in [-0.2, -0.15) is 0 Å². The second-order valence-corrected chi connectivity index (χ2v) is 5.18. The number of benzene rings is 2. The standard InChI is InChI=1S/C19H22/c1-6-13(3)17(7-2)19-15(5)11-12-16-10-8-9-14(4)18(16)19/h7-12H,2,6H2,1,3-5H3/b17-13-. The van der Waals surface area contributed by atoms with Crippen molar-refractivity contribution in [1.29, 1.82) is 0 Å². The van der Waals surface area contributed by atoms with Crippen molar-refractivity contribution in [3.05, 3.63) is 65.3 Å². The van der Waals surface area contributed by atoms with Crippen LogP contribution in [0.25, 0.3) is 16.3 Å². The molecule has 2 aromatic carbocycles. The Kier molecular flexibility index (Phi) is 3.90. The van der Waals surface area contributed by atoms with Gasteiger partial charge in [0.05, 0.1) is 0 Å². The van der Waals surface area contributed by atoms with Gasteiger partial charge in [0.25, 0.3) is 0 Å². The van der Waals surface area contributed by atoms with Gasteiger partial charge in [0, 0.05) is 0 Å². The predicted octanol–water partition coefficient (Wildman–Crippen LogP) is 5.83. The number of allylic oxidation sites excluding steroid dienone is 3. The molecule has 98 valence electrons. The topological polar surface area (TPSA) is 0 Å². The van der Waals surface area contributed by atoms with E-state index in [1.165, 1.54) is 38.6 Å². The van der Waals surface area contributed by atoms with Crippen molar-refractivity contribution < 1.29 is 0 Å². The molecule has 0 bridgehead atoms. The van der Waals surface area contributed by atoms with Crippen LogP contribution in [0.15, 0.2) is 48.6 Å². The van der Waals surface area contributed by atoms with Gasteiger partial charge in [0.15, 0.2) is 0 Å². The van der Waals surface area contributed by atoms with Crippen molar-refractivity contribution in [2.24, 2.45) is 0 Å². The molecule has 0 aliphatic rings. The van der Waals surface area contributed by atoms with Crippen molar-refractivity contribution in [2.45, 2.75) is 34.1 Å². The number of hydrogen-bond acceptors (Lipinski definition) is 0. The molecule has 0 unspecified atom stereocenters. The minimum absolute atomic E-state index is 1.06. The van der Waals surface area contributed by atoms with Crippen LogP contribution in [0.4, 0.5) is 0 Å². The van der Waals surface area contributed by atoms with Crippen molar-refractivity contribution >= 4 is 16.3 Å². The molecule has 0 saturated heterocycles. The van der Waals surface area contributed by atoms with Crippen LogP contribution < -0.4 is 0 Å². The Morgan fingerprint density at radius 3 is 2.47 bits per heavy atom. The second kappa shape index (κ2) is 5.44. The monoisotopic (exact) mass is 250 g/mol. The third kappa shape index (κ3) is 2.35. The van der Waals surface area contributed by atoms with Gasteiger partial charge in [-0.25, -0.2) is 0 Å². The molecule has 0 aliphatic carbocycles. The van der Waals surface area contributed by atoms with E-state index in [4.69, 9.17) is 0 Å². The van der Waals surface area contributed by atoms with Crippen molar-refractivity contribution in [1.82, 2.24) is 0 Å². The SMILES string of the molecule is C=C/C(=C(\C)CC)c1c(C)ccc2cccc(C)c12. The molecule has 0 N–H and O–H groups in total. The summed E-state index contributed by atoms with van der Waals surface area (Å²) in [5.41, 5.74) is 6.70. The van der Waals surface area contributed by atoms with Gasteiger partial charge in [-0.05, 0) is 60.2 Å². The Bertz CT molecular complexity index is 657. The van der Waals surface area contributed by atoms with Crippen LogP contribution in [0.3, 0.4) is 0 Å². The molecule has 0 fully saturated rings. The summed E-state index contributed by atoms with van der Waals surface area (Å²) < 4.78 is 0. The van der Waals surface area contributed by atoms with E-state index < -0.39 is 0 Å². The molecule has 19 heavy (non-hydrogen) atoms. The van der Waals surface area contributed by atoms with Gasteiger partial charge >= 0.3 is 0 Å². The fraction of sp³-hybridized carbons (Fsp3) is 0.263. The quantitative estimate of drug-likeness (QED) is 0.601. The maximum atomic E-state index is 4.03. The molecule has 0 heterocycles. The molecule has 0 saturated carbocycles. The summed E-state index contributed by atoms with van der Waals surface area (Å²) in [7, 11) is 0. The maximum Gasteiger partial charge on any atom is -0.00735 e. The summed E-state index contributed by atoms with van der Waals surface area (Å²) in [6.07, 6.45) is 3.07.